The zero-order valence-corrected chi connectivity index (χ0v) is 19.0. The van der Waals surface area contributed by atoms with Crippen molar-refractivity contribution in [1.29, 1.82) is 0 Å². The van der Waals surface area contributed by atoms with Gasteiger partial charge in [0.05, 0.1) is 12.1 Å². The van der Waals surface area contributed by atoms with Gasteiger partial charge in [0.25, 0.3) is 0 Å². The van der Waals surface area contributed by atoms with E-state index in [9.17, 15) is 14.7 Å². The predicted molar refractivity (Wildman–Crippen MR) is 130 cm³/mol. The second-order valence-corrected chi connectivity index (χ2v) is 8.66. The standard InChI is InChI=1S/C27H30N4O3/c28-23(17-19-11-13-22(32)14-12-19)27(34)31-16-6-10-25(31)26(33)30-24(20-7-2-1-3-8-20)18-21-9-4-5-15-29-21/h1-5,7-9,11-15,23-25,32H,6,10,16-18,28H2,(H,30,33)/t23?,24-,25-/m0/s1. The highest BCUT2D eigenvalue weighted by atomic mass is 16.3. The number of amides is 2. The Hall–Kier alpha value is -3.71. The lowest BCUT2D eigenvalue weighted by Gasteiger charge is -2.28. The zero-order valence-electron chi connectivity index (χ0n) is 19.0. The van der Waals surface area contributed by atoms with Crippen molar-refractivity contribution in [1.82, 2.24) is 15.2 Å². The van der Waals surface area contributed by atoms with Gasteiger partial charge in [-0.2, -0.15) is 0 Å². The molecule has 1 aliphatic rings. The first-order chi connectivity index (χ1) is 16.5. The predicted octanol–water partition coefficient (Wildman–Crippen LogP) is 2.75. The van der Waals surface area contributed by atoms with Crippen molar-refractivity contribution in [2.75, 3.05) is 6.54 Å². The number of aromatic nitrogens is 1. The summed E-state index contributed by atoms with van der Waals surface area (Å²) in [6.45, 7) is 0.510. The minimum atomic E-state index is -0.753. The Labute approximate surface area is 199 Å². The molecule has 0 spiro atoms. The molecule has 0 aliphatic carbocycles. The number of nitrogens with one attached hydrogen (secondary N) is 1. The van der Waals surface area contributed by atoms with Crippen molar-refractivity contribution in [3.63, 3.8) is 0 Å². The van der Waals surface area contributed by atoms with Crippen molar-refractivity contribution in [3.8, 4) is 5.75 Å². The number of hydrogen-bond acceptors (Lipinski definition) is 5. The highest BCUT2D eigenvalue weighted by Crippen LogP contribution is 2.23. The van der Waals surface area contributed by atoms with Crippen LogP contribution in [0, 0.1) is 0 Å². The lowest BCUT2D eigenvalue weighted by molar-refractivity contribution is -0.139. The number of carbonyl (C=O) groups excluding carboxylic acids is 2. The summed E-state index contributed by atoms with van der Waals surface area (Å²) in [5.41, 5.74) is 8.96. The van der Waals surface area contributed by atoms with Gasteiger partial charge in [-0.1, -0.05) is 48.5 Å². The van der Waals surface area contributed by atoms with Crippen LogP contribution in [0.15, 0.2) is 79.0 Å². The van der Waals surface area contributed by atoms with Crippen molar-refractivity contribution in [3.05, 3.63) is 95.8 Å². The first-order valence-corrected chi connectivity index (χ1v) is 11.6. The molecule has 1 saturated heterocycles. The maximum absolute atomic E-state index is 13.4. The van der Waals surface area contributed by atoms with E-state index in [-0.39, 0.29) is 23.6 Å². The number of likely N-dealkylation sites (tertiary alicyclic amines) is 1. The van der Waals surface area contributed by atoms with Crippen LogP contribution < -0.4 is 11.1 Å². The number of nitrogens with two attached hydrogens (primary N) is 1. The highest BCUT2D eigenvalue weighted by molar-refractivity contribution is 5.90. The smallest absolute Gasteiger partial charge is 0.243 e. The number of pyridine rings is 1. The van der Waals surface area contributed by atoms with Crippen molar-refractivity contribution in [2.45, 2.75) is 43.8 Å². The summed E-state index contributed by atoms with van der Waals surface area (Å²) >= 11 is 0. The van der Waals surface area contributed by atoms with Crippen LogP contribution in [-0.4, -0.2) is 45.4 Å². The third kappa shape index (κ3) is 5.80. The zero-order chi connectivity index (χ0) is 23.9. The number of hydrogen-bond donors (Lipinski definition) is 3. The molecule has 34 heavy (non-hydrogen) atoms. The average Bonchev–Trinajstić information content (AvgIpc) is 3.36. The molecule has 1 aliphatic heterocycles. The van der Waals surface area contributed by atoms with Crippen LogP contribution in [0.5, 0.6) is 5.75 Å². The number of benzene rings is 2. The Balaban J connectivity index is 1.45. The average molecular weight is 459 g/mol. The van der Waals surface area contributed by atoms with Crippen LogP contribution in [0.3, 0.4) is 0 Å². The molecule has 176 valence electrons. The molecular formula is C27H30N4O3. The first-order valence-electron chi connectivity index (χ1n) is 11.6. The summed E-state index contributed by atoms with van der Waals surface area (Å²) in [6.07, 6.45) is 4.00. The molecule has 0 radical (unpaired) electrons. The maximum atomic E-state index is 13.4. The Kier molecular flexibility index (Phi) is 7.54. The molecule has 1 unspecified atom stereocenters. The van der Waals surface area contributed by atoms with Gasteiger partial charge in [0.15, 0.2) is 0 Å². The molecule has 3 atom stereocenters. The van der Waals surface area contributed by atoms with E-state index in [1.165, 1.54) is 0 Å². The van der Waals surface area contributed by atoms with Gasteiger partial charge in [-0.3, -0.25) is 14.6 Å². The number of rotatable bonds is 8. The van der Waals surface area contributed by atoms with Crippen molar-refractivity contribution >= 4 is 11.8 Å². The summed E-state index contributed by atoms with van der Waals surface area (Å²) in [6, 6.07) is 20.6. The fourth-order valence-electron chi connectivity index (χ4n) is 4.42. The number of carbonyl (C=O) groups is 2. The Morgan fingerprint density at radius 3 is 2.47 bits per heavy atom. The van der Waals surface area contributed by atoms with Gasteiger partial charge in [-0.15, -0.1) is 0 Å². The maximum Gasteiger partial charge on any atom is 0.243 e. The molecule has 4 N–H and O–H groups in total. The van der Waals surface area contributed by atoms with Crippen LogP contribution >= 0.6 is 0 Å². The summed E-state index contributed by atoms with van der Waals surface area (Å²) in [4.78, 5) is 32.5. The molecule has 7 nitrogen and oxygen atoms in total. The van der Waals surface area contributed by atoms with E-state index in [0.29, 0.717) is 25.8 Å². The number of nitrogens with zero attached hydrogens (tertiary/aromatic N) is 2. The third-order valence-corrected chi connectivity index (χ3v) is 6.21. The van der Waals surface area contributed by atoms with Gasteiger partial charge in [0, 0.05) is 24.9 Å². The summed E-state index contributed by atoms with van der Waals surface area (Å²) in [5, 5.41) is 12.6. The van der Waals surface area contributed by atoms with Gasteiger partial charge in [-0.25, -0.2) is 0 Å². The molecule has 1 fully saturated rings. The summed E-state index contributed by atoms with van der Waals surface area (Å²) in [5.74, 6) is -0.238. The number of aromatic hydroxyl groups is 1. The second-order valence-electron chi connectivity index (χ2n) is 8.66. The summed E-state index contributed by atoms with van der Waals surface area (Å²) < 4.78 is 0. The van der Waals surface area contributed by atoms with Gasteiger partial charge in [-0.05, 0) is 54.7 Å². The van der Waals surface area contributed by atoms with E-state index in [1.807, 2.05) is 48.5 Å². The molecule has 3 aromatic rings. The van der Waals surface area contributed by atoms with Crippen LogP contribution in [0.25, 0.3) is 0 Å². The van der Waals surface area contributed by atoms with Crippen LogP contribution in [0.4, 0.5) is 0 Å². The molecule has 2 amide bonds. The topological polar surface area (TPSA) is 109 Å². The van der Waals surface area contributed by atoms with E-state index in [0.717, 1.165) is 23.2 Å². The molecule has 7 heteroatoms. The monoisotopic (exact) mass is 458 g/mol. The molecular weight excluding hydrogens is 428 g/mol. The Morgan fingerprint density at radius 2 is 1.76 bits per heavy atom. The van der Waals surface area contributed by atoms with E-state index < -0.39 is 12.1 Å². The summed E-state index contributed by atoms with van der Waals surface area (Å²) in [7, 11) is 0. The van der Waals surface area contributed by atoms with E-state index in [4.69, 9.17) is 5.73 Å². The van der Waals surface area contributed by atoms with Crippen molar-refractivity contribution < 1.29 is 14.7 Å². The normalized spacial score (nSPS) is 17.2. The third-order valence-electron chi connectivity index (χ3n) is 6.21. The van der Waals surface area contributed by atoms with E-state index >= 15 is 0 Å². The second kappa shape index (κ2) is 10.9. The molecule has 0 saturated carbocycles. The molecule has 0 bridgehead atoms. The van der Waals surface area contributed by atoms with E-state index in [1.54, 1.807) is 35.4 Å². The van der Waals surface area contributed by atoms with Crippen LogP contribution in [0.1, 0.15) is 35.7 Å². The molecule has 4 rings (SSSR count). The van der Waals surface area contributed by atoms with Gasteiger partial charge in [0.1, 0.15) is 11.8 Å². The molecule has 2 heterocycles. The Morgan fingerprint density at radius 1 is 1.03 bits per heavy atom. The van der Waals surface area contributed by atoms with Crippen LogP contribution in [0.2, 0.25) is 0 Å². The fourth-order valence-corrected chi connectivity index (χ4v) is 4.42. The van der Waals surface area contributed by atoms with Gasteiger partial charge in [0.2, 0.25) is 11.8 Å². The lowest BCUT2D eigenvalue weighted by atomic mass is 10.0. The van der Waals surface area contributed by atoms with E-state index in [2.05, 4.69) is 10.3 Å². The van der Waals surface area contributed by atoms with Crippen molar-refractivity contribution in [2.24, 2.45) is 5.73 Å². The fraction of sp³-hybridized carbons (Fsp3) is 0.296. The minimum absolute atomic E-state index is 0.165. The SMILES string of the molecule is NC(Cc1ccc(O)cc1)C(=O)N1CCC[C@H]1C(=O)N[C@@H](Cc1ccccn1)c1ccccc1. The number of phenolic OH excluding ortho intramolecular Hbond substituents is 1. The lowest BCUT2D eigenvalue weighted by Crippen LogP contribution is -2.52. The highest BCUT2D eigenvalue weighted by Gasteiger charge is 2.37. The van der Waals surface area contributed by atoms with Gasteiger partial charge < -0.3 is 21.1 Å². The first kappa shape index (κ1) is 23.4. The Bertz CT molecular complexity index is 1090. The quantitative estimate of drug-likeness (QED) is 0.481. The van der Waals surface area contributed by atoms with Gasteiger partial charge >= 0.3 is 0 Å². The number of phenols is 1. The largest absolute Gasteiger partial charge is 0.508 e. The molecule has 2 aromatic carbocycles. The minimum Gasteiger partial charge on any atom is -0.508 e. The molecule has 1 aromatic heterocycles. The van der Waals surface area contributed by atoms with Crippen LogP contribution in [-0.2, 0) is 22.4 Å².